The molecule has 2 aliphatic rings. The molecule has 0 radical (unpaired) electrons. The van der Waals surface area contributed by atoms with Crippen molar-refractivity contribution >= 4 is 0 Å². The summed E-state index contributed by atoms with van der Waals surface area (Å²) in [5.41, 5.74) is 9.29. The van der Waals surface area contributed by atoms with Crippen molar-refractivity contribution in [2.24, 2.45) is 5.73 Å². The molecule has 3 nitrogen and oxygen atoms in total. The quantitative estimate of drug-likeness (QED) is 0.929. The third-order valence-corrected chi connectivity index (χ3v) is 5.40. The standard InChI is InChI=1S/C18H28N2O/c1-21-16-8-9-17-15(13-16)7-6-10-18(17,14-19)20-11-4-2-3-5-12-20/h8-9,13H,2-7,10-12,14,19H2,1H3. The molecular formula is C18H28N2O. The Morgan fingerprint density at radius 2 is 1.90 bits per heavy atom. The average Bonchev–Trinajstić information content (AvgIpc) is 2.83. The first-order chi connectivity index (χ1) is 10.3. The Labute approximate surface area is 128 Å². The number of nitrogens with zero attached hydrogens (tertiary/aromatic N) is 1. The molecule has 1 aromatic carbocycles. The summed E-state index contributed by atoms with van der Waals surface area (Å²) in [6.07, 6.45) is 8.94. The molecule has 1 unspecified atom stereocenters. The molecule has 1 aliphatic heterocycles. The number of hydrogen-bond donors (Lipinski definition) is 1. The maximum Gasteiger partial charge on any atom is 0.119 e. The summed E-state index contributed by atoms with van der Waals surface area (Å²) in [5.74, 6) is 0.970. The van der Waals surface area contributed by atoms with Crippen molar-refractivity contribution in [2.45, 2.75) is 50.5 Å². The molecule has 0 aromatic heterocycles. The molecule has 116 valence electrons. The van der Waals surface area contributed by atoms with Gasteiger partial charge in [0.1, 0.15) is 5.75 Å². The summed E-state index contributed by atoms with van der Waals surface area (Å²) in [7, 11) is 1.75. The number of rotatable bonds is 3. The molecule has 0 amide bonds. The van der Waals surface area contributed by atoms with Crippen molar-refractivity contribution in [3.63, 3.8) is 0 Å². The number of nitrogens with two attached hydrogens (primary N) is 1. The predicted molar refractivity (Wildman–Crippen MR) is 86.7 cm³/mol. The highest BCUT2D eigenvalue weighted by atomic mass is 16.5. The van der Waals surface area contributed by atoms with Crippen LogP contribution in [0.4, 0.5) is 0 Å². The fourth-order valence-corrected chi connectivity index (χ4v) is 4.23. The lowest BCUT2D eigenvalue weighted by atomic mass is 9.75. The summed E-state index contributed by atoms with van der Waals surface area (Å²) >= 11 is 0. The van der Waals surface area contributed by atoms with E-state index >= 15 is 0 Å². The van der Waals surface area contributed by atoms with Crippen molar-refractivity contribution in [3.05, 3.63) is 29.3 Å². The Morgan fingerprint density at radius 1 is 1.14 bits per heavy atom. The monoisotopic (exact) mass is 288 g/mol. The van der Waals surface area contributed by atoms with E-state index in [9.17, 15) is 0 Å². The van der Waals surface area contributed by atoms with E-state index in [1.807, 2.05) is 0 Å². The highest BCUT2D eigenvalue weighted by Crippen LogP contribution is 2.41. The molecule has 3 rings (SSSR count). The Kier molecular flexibility index (Phi) is 4.51. The van der Waals surface area contributed by atoms with Crippen LogP contribution in [0.5, 0.6) is 5.75 Å². The van der Waals surface area contributed by atoms with Crippen molar-refractivity contribution < 1.29 is 4.74 Å². The van der Waals surface area contributed by atoms with Gasteiger partial charge in [-0.3, -0.25) is 4.90 Å². The topological polar surface area (TPSA) is 38.5 Å². The van der Waals surface area contributed by atoms with Crippen molar-refractivity contribution in [3.8, 4) is 5.75 Å². The first-order valence-corrected chi connectivity index (χ1v) is 8.43. The first kappa shape index (κ1) is 14.9. The average molecular weight is 288 g/mol. The van der Waals surface area contributed by atoms with Crippen LogP contribution in [0.25, 0.3) is 0 Å². The third-order valence-electron chi connectivity index (χ3n) is 5.40. The Hall–Kier alpha value is -1.06. The maximum atomic E-state index is 6.33. The van der Waals surface area contributed by atoms with Crippen molar-refractivity contribution in [1.82, 2.24) is 4.90 Å². The number of benzene rings is 1. The van der Waals surface area contributed by atoms with Crippen LogP contribution >= 0.6 is 0 Å². The molecule has 0 spiro atoms. The molecule has 21 heavy (non-hydrogen) atoms. The number of fused-ring (bicyclic) bond motifs is 1. The van der Waals surface area contributed by atoms with E-state index in [1.54, 1.807) is 7.11 Å². The Balaban J connectivity index is 1.99. The Morgan fingerprint density at radius 3 is 2.57 bits per heavy atom. The normalized spacial score (nSPS) is 27.0. The van der Waals surface area contributed by atoms with Gasteiger partial charge >= 0.3 is 0 Å². The van der Waals surface area contributed by atoms with Crippen LogP contribution < -0.4 is 10.5 Å². The van der Waals surface area contributed by atoms with Crippen LogP contribution in [0.1, 0.15) is 49.7 Å². The van der Waals surface area contributed by atoms with Gasteiger partial charge in [0.15, 0.2) is 0 Å². The van der Waals surface area contributed by atoms with E-state index in [0.717, 1.165) is 18.7 Å². The SMILES string of the molecule is COc1ccc2c(c1)CCCC2(CN)N1CCCCCC1. The molecular weight excluding hydrogens is 260 g/mol. The molecule has 0 saturated carbocycles. The minimum atomic E-state index is 0.0597. The molecule has 1 saturated heterocycles. The number of likely N-dealkylation sites (tertiary alicyclic amines) is 1. The second-order valence-electron chi connectivity index (χ2n) is 6.51. The molecule has 1 aromatic rings. The zero-order chi connectivity index (χ0) is 14.7. The van der Waals surface area contributed by atoms with Crippen molar-refractivity contribution in [2.75, 3.05) is 26.7 Å². The van der Waals surface area contributed by atoms with Gasteiger partial charge < -0.3 is 10.5 Å². The van der Waals surface area contributed by atoms with E-state index in [4.69, 9.17) is 10.5 Å². The second kappa shape index (κ2) is 6.37. The smallest absolute Gasteiger partial charge is 0.119 e. The highest BCUT2D eigenvalue weighted by molar-refractivity contribution is 5.42. The summed E-state index contributed by atoms with van der Waals surface area (Å²) in [6.45, 7) is 3.12. The van der Waals surface area contributed by atoms with Gasteiger partial charge in [0.2, 0.25) is 0 Å². The lowest BCUT2D eigenvalue weighted by Crippen LogP contribution is -2.53. The third kappa shape index (κ3) is 2.69. The largest absolute Gasteiger partial charge is 0.497 e. The molecule has 1 fully saturated rings. The van der Waals surface area contributed by atoms with Gasteiger partial charge in [0.25, 0.3) is 0 Å². The number of hydrogen-bond acceptors (Lipinski definition) is 3. The lowest BCUT2D eigenvalue weighted by molar-refractivity contribution is 0.0776. The van der Waals surface area contributed by atoms with Gasteiger partial charge in [0.05, 0.1) is 12.6 Å². The summed E-state index contributed by atoms with van der Waals surface area (Å²) in [5, 5.41) is 0. The summed E-state index contributed by atoms with van der Waals surface area (Å²) in [4.78, 5) is 2.68. The molecule has 1 heterocycles. The minimum Gasteiger partial charge on any atom is -0.497 e. The van der Waals surface area contributed by atoms with Gasteiger partial charge in [0, 0.05) is 6.54 Å². The van der Waals surface area contributed by atoms with E-state index in [0.29, 0.717) is 0 Å². The van der Waals surface area contributed by atoms with Gasteiger partial charge in [-0.1, -0.05) is 18.9 Å². The van der Waals surface area contributed by atoms with E-state index in [-0.39, 0.29) is 5.54 Å². The van der Waals surface area contributed by atoms with Crippen molar-refractivity contribution in [1.29, 1.82) is 0 Å². The predicted octanol–water partition coefficient (Wildman–Crippen LogP) is 3.06. The molecule has 0 bridgehead atoms. The molecule has 2 N–H and O–H groups in total. The zero-order valence-corrected chi connectivity index (χ0v) is 13.2. The Bertz CT molecular complexity index is 480. The van der Waals surface area contributed by atoms with E-state index < -0.39 is 0 Å². The molecule has 1 aliphatic carbocycles. The molecule has 3 heteroatoms. The first-order valence-electron chi connectivity index (χ1n) is 8.43. The zero-order valence-electron chi connectivity index (χ0n) is 13.2. The van der Waals surface area contributed by atoms with Crippen LogP contribution in [0.2, 0.25) is 0 Å². The highest BCUT2D eigenvalue weighted by Gasteiger charge is 2.40. The van der Waals surface area contributed by atoms with Crippen LogP contribution in [0, 0.1) is 0 Å². The summed E-state index contributed by atoms with van der Waals surface area (Å²) < 4.78 is 5.40. The fourth-order valence-electron chi connectivity index (χ4n) is 4.23. The van der Waals surface area contributed by atoms with Crippen LogP contribution in [-0.4, -0.2) is 31.6 Å². The van der Waals surface area contributed by atoms with Gasteiger partial charge in [-0.25, -0.2) is 0 Å². The van der Waals surface area contributed by atoms with E-state index in [2.05, 4.69) is 23.1 Å². The minimum absolute atomic E-state index is 0.0597. The van der Waals surface area contributed by atoms with Gasteiger partial charge in [-0.05, 0) is 68.5 Å². The second-order valence-corrected chi connectivity index (χ2v) is 6.51. The van der Waals surface area contributed by atoms with Gasteiger partial charge in [-0.15, -0.1) is 0 Å². The van der Waals surface area contributed by atoms with E-state index in [1.165, 1.54) is 62.7 Å². The number of aryl methyl sites for hydroxylation is 1. The molecule has 1 atom stereocenters. The lowest BCUT2D eigenvalue weighted by Gasteiger charge is -2.47. The van der Waals surface area contributed by atoms with Crippen LogP contribution in [0.15, 0.2) is 18.2 Å². The van der Waals surface area contributed by atoms with Gasteiger partial charge in [-0.2, -0.15) is 0 Å². The maximum absolute atomic E-state index is 6.33. The summed E-state index contributed by atoms with van der Waals surface area (Å²) in [6, 6.07) is 6.59. The number of ether oxygens (including phenoxy) is 1. The number of methoxy groups -OCH3 is 1. The van der Waals surface area contributed by atoms with Crippen LogP contribution in [0.3, 0.4) is 0 Å². The fraction of sp³-hybridized carbons (Fsp3) is 0.667. The van der Waals surface area contributed by atoms with Crippen LogP contribution in [-0.2, 0) is 12.0 Å².